The number of hydrogen-bond acceptors (Lipinski definition) is 3. The Bertz CT molecular complexity index is 76.8. The summed E-state index contributed by atoms with van der Waals surface area (Å²) in [4.78, 5) is 27.3. The van der Waals surface area contributed by atoms with Crippen LogP contribution in [0, 0.1) is 4.91 Å². The summed E-state index contributed by atoms with van der Waals surface area (Å²) in [7, 11) is 0. The van der Waals surface area contributed by atoms with Gasteiger partial charge in [0, 0.05) is 0 Å². The Morgan fingerprint density at radius 2 is 2.17 bits per heavy atom. The minimum absolute atomic E-state index is 0.146. The van der Waals surface area contributed by atoms with Crippen LogP contribution in [0.15, 0.2) is 0 Å². The van der Waals surface area contributed by atoms with Crippen molar-refractivity contribution >= 4 is 12.2 Å². The average Bonchev–Trinajstić information content (AvgIpc) is 1.65. The first-order chi connectivity index (χ1) is 2.81. The molecule has 0 unspecified atom stereocenters. The van der Waals surface area contributed by atoms with Crippen molar-refractivity contribution in [1.29, 1.82) is 0 Å². The topological polar surface area (TPSA) is 65.3 Å². The van der Waals surface area contributed by atoms with Crippen molar-refractivity contribution in [2.45, 2.75) is 0 Å². The Hall–Kier alpha value is -1.06. The third-order valence-corrected chi connectivity index (χ3v) is 0.191. The van der Waals surface area contributed by atoms with Crippen molar-refractivity contribution < 1.29 is 9.59 Å². The van der Waals surface area contributed by atoms with E-state index in [1.807, 2.05) is 0 Å². The third-order valence-electron chi connectivity index (χ3n) is 0.191. The molecule has 0 aromatic heterocycles. The van der Waals surface area contributed by atoms with Gasteiger partial charge in [-0.15, -0.1) is 0 Å². The molecule has 0 spiro atoms. The van der Waals surface area contributed by atoms with E-state index in [9.17, 15) is 4.79 Å². The zero-order valence-electron chi connectivity index (χ0n) is 2.75. The van der Waals surface area contributed by atoms with Gasteiger partial charge in [0.2, 0.25) is 0 Å². The molecule has 4 heteroatoms. The van der Waals surface area contributed by atoms with Crippen molar-refractivity contribution in [3.63, 3.8) is 0 Å². The second kappa shape index (κ2) is 2.19. The van der Waals surface area contributed by atoms with E-state index in [1.165, 1.54) is 0 Å². The van der Waals surface area contributed by atoms with E-state index in [0.717, 1.165) is 0 Å². The molecule has 0 bridgehead atoms. The van der Waals surface area contributed by atoms with Gasteiger partial charge >= 0.3 is 11.1 Å². The molecule has 0 aliphatic rings. The Balaban J connectivity index is 3.52. The Labute approximate surface area is 33.1 Å². The monoisotopic (exact) mass is 87.0 g/mol. The summed E-state index contributed by atoms with van der Waals surface area (Å²) < 4.78 is 0. The zero-order valence-corrected chi connectivity index (χ0v) is 2.75. The molecular formula is C2HNO3+. The molecule has 0 atom stereocenters. The maximum atomic E-state index is 9.33. The molecule has 0 saturated heterocycles. The lowest BCUT2D eigenvalue weighted by atomic mass is 10.7. The quantitative estimate of drug-likeness (QED) is 0.298. The van der Waals surface area contributed by atoms with E-state index in [1.54, 1.807) is 5.18 Å². The van der Waals surface area contributed by atoms with Crippen molar-refractivity contribution in [3.8, 4) is 0 Å². The van der Waals surface area contributed by atoms with Gasteiger partial charge in [-0.25, -0.2) is 0 Å². The van der Waals surface area contributed by atoms with Crippen LogP contribution >= 0.6 is 0 Å². The fourth-order valence-corrected chi connectivity index (χ4v) is 0.0215. The van der Waals surface area contributed by atoms with Gasteiger partial charge in [-0.05, 0) is 0 Å². The molecule has 0 N–H and O–H groups in total. The summed E-state index contributed by atoms with van der Waals surface area (Å²) in [5, 5.41) is 1.75. The highest BCUT2D eigenvalue weighted by atomic mass is 16.3. The lowest BCUT2D eigenvalue weighted by Crippen LogP contribution is -2.01. The minimum atomic E-state index is -1.27. The summed E-state index contributed by atoms with van der Waals surface area (Å²) in [5.41, 5.74) is 0. The lowest BCUT2D eigenvalue weighted by Gasteiger charge is -1.38. The minimum Gasteiger partial charge on any atom is -0.286 e. The number of aldehydes is 1. The SMILES string of the molecule is O=CC(=O)[N+]=O. The molecule has 0 heterocycles. The predicted octanol–water partition coefficient (Wildman–Crippen LogP) is -1.19. The summed E-state index contributed by atoms with van der Waals surface area (Å²) in [6, 6.07) is 0. The standard InChI is InChI=1S/C2HNO3/c4-1-2(5)3-6/h1H/q+1. The van der Waals surface area contributed by atoms with Crippen molar-refractivity contribution in [2.24, 2.45) is 0 Å². The third kappa shape index (κ3) is 1.28. The molecule has 6 heavy (non-hydrogen) atoms. The van der Waals surface area contributed by atoms with Gasteiger partial charge in [-0.2, -0.15) is 4.79 Å². The van der Waals surface area contributed by atoms with E-state index in [-0.39, 0.29) is 6.29 Å². The van der Waals surface area contributed by atoms with Gasteiger partial charge < -0.3 is 0 Å². The van der Waals surface area contributed by atoms with E-state index < -0.39 is 5.91 Å². The highest BCUT2D eigenvalue weighted by Gasteiger charge is 2.11. The molecule has 0 aromatic rings. The fourth-order valence-electron chi connectivity index (χ4n) is 0.0215. The molecule has 0 aliphatic heterocycles. The van der Waals surface area contributed by atoms with Gasteiger partial charge in [-0.3, -0.25) is 4.79 Å². The molecule has 0 aliphatic carbocycles. The molecule has 0 saturated carbocycles. The number of nitrogens with zero attached hydrogens (tertiary/aromatic N) is 1. The van der Waals surface area contributed by atoms with Crippen LogP contribution in [-0.4, -0.2) is 12.2 Å². The van der Waals surface area contributed by atoms with E-state index in [4.69, 9.17) is 9.70 Å². The van der Waals surface area contributed by atoms with Crippen molar-refractivity contribution in [1.82, 2.24) is 5.18 Å². The molecule has 0 rings (SSSR count). The maximum Gasteiger partial charge on any atom is 0.580 e. The number of nitroso groups, excluding NO2 is 1. The first-order valence-electron chi connectivity index (χ1n) is 1.13. The summed E-state index contributed by atoms with van der Waals surface area (Å²) in [6.07, 6.45) is -0.146. The number of carbonyl (C=O) groups is 2. The van der Waals surface area contributed by atoms with E-state index >= 15 is 0 Å². The van der Waals surface area contributed by atoms with Gasteiger partial charge in [0.05, 0.1) is 0 Å². The normalized spacial score (nSPS) is 6.67. The first-order valence-corrected chi connectivity index (χ1v) is 1.13. The van der Waals surface area contributed by atoms with Crippen LogP contribution in [0.1, 0.15) is 0 Å². The Morgan fingerprint density at radius 1 is 1.67 bits per heavy atom. The molecule has 4 nitrogen and oxygen atoms in total. The first kappa shape index (κ1) is 4.94. The highest BCUT2D eigenvalue weighted by molar-refractivity contribution is 6.22. The second-order valence-corrected chi connectivity index (χ2v) is 0.547. The average molecular weight is 87.0 g/mol. The van der Waals surface area contributed by atoms with E-state index in [0.29, 0.717) is 0 Å². The van der Waals surface area contributed by atoms with Crippen LogP contribution in [-0.2, 0) is 9.59 Å². The van der Waals surface area contributed by atoms with Crippen LogP contribution in [0.3, 0.4) is 0 Å². The Kier molecular flexibility index (Phi) is 1.81. The number of rotatable bonds is 1. The van der Waals surface area contributed by atoms with Crippen LogP contribution in [0.25, 0.3) is 0 Å². The smallest absolute Gasteiger partial charge is 0.286 e. The van der Waals surface area contributed by atoms with E-state index in [2.05, 4.69) is 0 Å². The predicted molar refractivity (Wildman–Crippen MR) is 16.6 cm³/mol. The largest absolute Gasteiger partial charge is 0.580 e. The number of hydrogen-bond donors (Lipinski definition) is 0. The fraction of sp³-hybridized carbons (Fsp3) is 0. The van der Waals surface area contributed by atoms with Crippen molar-refractivity contribution in [2.75, 3.05) is 0 Å². The molecule has 1 amide bonds. The number of carbonyl (C=O) groups excluding carboxylic acids is 2. The van der Waals surface area contributed by atoms with Gasteiger partial charge in [0.25, 0.3) is 6.29 Å². The Morgan fingerprint density at radius 3 is 2.17 bits per heavy atom. The highest BCUT2D eigenvalue weighted by Crippen LogP contribution is 1.42. The summed E-state index contributed by atoms with van der Waals surface area (Å²) in [6.45, 7) is 0. The maximum absolute atomic E-state index is 9.33. The molecule has 31 valence electrons. The van der Waals surface area contributed by atoms with Crippen LogP contribution in [0.2, 0.25) is 0 Å². The van der Waals surface area contributed by atoms with Gasteiger partial charge in [0.15, 0.2) is 0 Å². The lowest BCUT2D eigenvalue weighted by molar-refractivity contribution is -0.130. The second-order valence-electron chi connectivity index (χ2n) is 0.547. The molecular weight excluding hydrogens is 86.0 g/mol. The van der Waals surface area contributed by atoms with Crippen LogP contribution in [0.5, 0.6) is 0 Å². The van der Waals surface area contributed by atoms with Gasteiger partial charge in [0.1, 0.15) is 4.91 Å². The van der Waals surface area contributed by atoms with Crippen LogP contribution < -0.4 is 5.18 Å². The molecule has 0 fully saturated rings. The number of amides is 1. The van der Waals surface area contributed by atoms with Gasteiger partial charge in [-0.1, -0.05) is 0 Å². The zero-order chi connectivity index (χ0) is 4.99. The summed E-state index contributed by atoms with van der Waals surface area (Å²) in [5.74, 6) is -1.27. The molecule has 0 aromatic carbocycles. The van der Waals surface area contributed by atoms with Crippen LogP contribution in [0.4, 0.5) is 0 Å². The molecule has 1 radical (unpaired) electrons. The van der Waals surface area contributed by atoms with Crippen molar-refractivity contribution in [3.05, 3.63) is 4.91 Å². The summed E-state index contributed by atoms with van der Waals surface area (Å²) >= 11 is 0.